The number of nitrogens with zero attached hydrogens (tertiary/aromatic N) is 6. The molecule has 13 nitrogen and oxygen atoms in total. The summed E-state index contributed by atoms with van der Waals surface area (Å²) in [5.41, 5.74) is 9.32. The summed E-state index contributed by atoms with van der Waals surface area (Å²) in [6.07, 6.45) is 2.63. The van der Waals surface area contributed by atoms with Crippen LogP contribution in [-0.4, -0.2) is 55.1 Å². The van der Waals surface area contributed by atoms with Gasteiger partial charge in [-0.3, -0.25) is 4.79 Å². The number of hydrogen-bond acceptors (Lipinski definition) is 10. The van der Waals surface area contributed by atoms with Crippen molar-refractivity contribution in [3.05, 3.63) is 41.2 Å². The number of anilines is 1. The van der Waals surface area contributed by atoms with Gasteiger partial charge in [0.1, 0.15) is 5.75 Å². The molecule has 0 unspecified atom stereocenters. The number of benzene rings is 1. The molecule has 0 aliphatic carbocycles. The molecular weight excluding hydrogens is 396 g/mol. The summed E-state index contributed by atoms with van der Waals surface area (Å²) in [5, 5.41) is 27.5. The van der Waals surface area contributed by atoms with Gasteiger partial charge in [0.25, 0.3) is 5.91 Å². The minimum atomic E-state index is -1.06. The number of amides is 1. The Morgan fingerprint density at radius 2 is 2.10 bits per heavy atom. The van der Waals surface area contributed by atoms with Gasteiger partial charge in [0, 0.05) is 0 Å². The first kappa shape index (κ1) is 20.4. The van der Waals surface area contributed by atoms with Crippen molar-refractivity contribution in [1.29, 1.82) is 0 Å². The maximum Gasteiger partial charge on any atom is 0.341 e. The molecule has 4 N–H and O–H groups in total. The predicted molar refractivity (Wildman–Crippen MR) is 102 cm³/mol. The lowest BCUT2D eigenvalue weighted by Gasteiger charge is -2.04. The van der Waals surface area contributed by atoms with Crippen molar-refractivity contribution < 1.29 is 24.1 Å². The van der Waals surface area contributed by atoms with E-state index in [4.69, 9.17) is 15.6 Å². The zero-order chi connectivity index (χ0) is 21.5. The molecule has 0 bridgehead atoms. The number of ether oxygens (including phenoxy) is 1. The number of rotatable bonds is 9. The highest BCUT2D eigenvalue weighted by Crippen LogP contribution is 2.17. The van der Waals surface area contributed by atoms with Gasteiger partial charge in [-0.1, -0.05) is 18.6 Å². The van der Waals surface area contributed by atoms with Crippen molar-refractivity contribution in [1.82, 2.24) is 30.7 Å². The summed E-state index contributed by atoms with van der Waals surface area (Å²) in [6.45, 7) is 1.51. The SMILES string of the molecule is CCCc1c(C(=O)NN=Cc2ccc(OCC(=O)O)cc2)nnn1-c1nonc1N. The lowest BCUT2D eigenvalue weighted by atomic mass is 10.2. The number of nitrogens with one attached hydrogen (secondary N) is 1. The molecule has 2 aromatic heterocycles. The van der Waals surface area contributed by atoms with Crippen LogP contribution in [0.25, 0.3) is 5.82 Å². The summed E-state index contributed by atoms with van der Waals surface area (Å²) >= 11 is 0. The van der Waals surface area contributed by atoms with Gasteiger partial charge in [-0.25, -0.2) is 14.8 Å². The minimum Gasteiger partial charge on any atom is -0.482 e. The summed E-state index contributed by atoms with van der Waals surface area (Å²) in [7, 11) is 0. The van der Waals surface area contributed by atoms with E-state index in [1.807, 2.05) is 6.92 Å². The normalized spacial score (nSPS) is 11.0. The molecule has 3 rings (SSSR count). The summed E-state index contributed by atoms with van der Waals surface area (Å²) in [6, 6.07) is 6.50. The van der Waals surface area contributed by atoms with E-state index >= 15 is 0 Å². The topological polar surface area (TPSA) is 184 Å². The van der Waals surface area contributed by atoms with E-state index in [-0.39, 0.29) is 17.3 Å². The Labute approximate surface area is 169 Å². The summed E-state index contributed by atoms with van der Waals surface area (Å²) < 4.78 is 10.9. The zero-order valence-corrected chi connectivity index (χ0v) is 15.8. The van der Waals surface area contributed by atoms with E-state index in [1.54, 1.807) is 24.3 Å². The van der Waals surface area contributed by atoms with Crippen molar-refractivity contribution in [2.45, 2.75) is 19.8 Å². The van der Waals surface area contributed by atoms with E-state index < -0.39 is 18.5 Å². The third kappa shape index (κ3) is 4.76. The maximum absolute atomic E-state index is 12.5. The second kappa shape index (κ2) is 9.27. The Hall–Kier alpha value is -4.29. The second-order valence-electron chi connectivity index (χ2n) is 5.97. The molecule has 1 amide bonds. The van der Waals surface area contributed by atoms with Crippen LogP contribution < -0.4 is 15.9 Å². The number of aromatic nitrogens is 5. The van der Waals surface area contributed by atoms with E-state index in [0.29, 0.717) is 23.4 Å². The molecule has 0 aliphatic heterocycles. The van der Waals surface area contributed by atoms with Crippen LogP contribution in [0.3, 0.4) is 0 Å². The average molecular weight is 414 g/mol. The van der Waals surface area contributed by atoms with Gasteiger partial charge >= 0.3 is 5.97 Å². The van der Waals surface area contributed by atoms with E-state index in [2.05, 4.69) is 35.8 Å². The van der Waals surface area contributed by atoms with Gasteiger partial charge in [0.2, 0.25) is 11.6 Å². The van der Waals surface area contributed by atoms with Gasteiger partial charge < -0.3 is 15.6 Å². The molecule has 1 aromatic carbocycles. The van der Waals surface area contributed by atoms with Crippen LogP contribution in [0, 0.1) is 0 Å². The summed E-state index contributed by atoms with van der Waals surface area (Å²) in [5.74, 6) is -1.04. The molecule has 0 atom stereocenters. The molecular formula is C17H18N8O5. The quantitative estimate of drug-likeness (QED) is 0.327. The Bertz CT molecular complexity index is 1060. The summed E-state index contributed by atoms with van der Waals surface area (Å²) in [4.78, 5) is 23.0. The van der Waals surface area contributed by atoms with Crippen molar-refractivity contribution in [3.63, 3.8) is 0 Å². The fourth-order valence-electron chi connectivity index (χ4n) is 2.46. The molecule has 0 fully saturated rings. The number of carboxylic acid groups (broad SMARTS) is 1. The van der Waals surface area contributed by atoms with Crippen molar-refractivity contribution in [3.8, 4) is 11.6 Å². The van der Waals surface area contributed by atoms with Crippen molar-refractivity contribution in [2.24, 2.45) is 5.10 Å². The van der Waals surface area contributed by atoms with Gasteiger partial charge in [-0.05, 0) is 46.6 Å². The highest BCUT2D eigenvalue weighted by molar-refractivity contribution is 5.94. The molecule has 0 aliphatic rings. The zero-order valence-electron chi connectivity index (χ0n) is 15.8. The minimum absolute atomic E-state index is 0.0259. The van der Waals surface area contributed by atoms with Gasteiger partial charge in [0.05, 0.1) is 11.9 Å². The number of carbonyl (C=O) groups excluding carboxylic acids is 1. The van der Waals surface area contributed by atoms with E-state index in [9.17, 15) is 9.59 Å². The molecule has 13 heteroatoms. The predicted octanol–water partition coefficient (Wildman–Crippen LogP) is 0.412. The van der Waals surface area contributed by atoms with Crippen LogP contribution in [0.4, 0.5) is 5.82 Å². The molecule has 0 saturated heterocycles. The Morgan fingerprint density at radius 3 is 2.73 bits per heavy atom. The number of hydrazone groups is 1. The highest BCUT2D eigenvalue weighted by atomic mass is 16.6. The number of hydrogen-bond donors (Lipinski definition) is 3. The first-order chi connectivity index (χ1) is 14.5. The molecule has 2 heterocycles. The molecule has 3 aromatic rings. The van der Waals surface area contributed by atoms with E-state index in [0.717, 1.165) is 6.42 Å². The van der Waals surface area contributed by atoms with Gasteiger partial charge in [0.15, 0.2) is 12.3 Å². The number of nitrogens with two attached hydrogens (primary N) is 1. The maximum atomic E-state index is 12.5. The Morgan fingerprint density at radius 1 is 1.33 bits per heavy atom. The second-order valence-corrected chi connectivity index (χ2v) is 5.97. The molecule has 156 valence electrons. The number of nitrogen functional groups attached to an aromatic ring is 1. The van der Waals surface area contributed by atoms with Crippen LogP contribution in [0.2, 0.25) is 0 Å². The molecule has 0 saturated carbocycles. The molecule has 30 heavy (non-hydrogen) atoms. The van der Waals surface area contributed by atoms with Crippen LogP contribution in [0.5, 0.6) is 5.75 Å². The standard InChI is InChI=1S/C17H18N8O5/c1-2-3-12-14(20-24-25(12)16-15(18)22-30-23-16)17(28)21-19-8-10-4-6-11(7-5-10)29-9-13(26)27/h4-8H,2-3,9H2,1H3,(H2,18,22)(H,21,28)(H,26,27). The first-order valence-corrected chi connectivity index (χ1v) is 8.80. The fraction of sp³-hybridized carbons (Fsp3) is 0.235. The largest absolute Gasteiger partial charge is 0.482 e. The third-order valence-corrected chi connectivity index (χ3v) is 3.78. The lowest BCUT2D eigenvalue weighted by Crippen LogP contribution is -2.20. The fourth-order valence-corrected chi connectivity index (χ4v) is 2.46. The van der Waals surface area contributed by atoms with Crippen molar-refractivity contribution in [2.75, 3.05) is 12.3 Å². The van der Waals surface area contributed by atoms with Crippen LogP contribution in [0.1, 0.15) is 35.1 Å². The third-order valence-electron chi connectivity index (χ3n) is 3.78. The first-order valence-electron chi connectivity index (χ1n) is 8.80. The van der Waals surface area contributed by atoms with Gasteiger partial charge in [-0.2, -0.15) is 9.78 Å². The Balaban J connectivity index is 1.68. The van der Waals surface area contributed by atoms with E-state index in [1.165, 1.54) is 10.9 Å². The lowest BCUT2D eigenvalue weighted by molar-refractivity contribution is -0.139. The monoisotopic (exact) mass is 414 g/mol. The van der Waals surface area contributed by atoms with Crippen molar-refractivity contribution >= 4 is 23.9 Å². The average Bonchev–Trinajstić information content (AvgIpc) is 3.33. The number of carbonyl (C=O) groups is 2. The van der Waals surface area contributed by atoms with Crippen LogP contribution >= 0.6 is 0 Å². The van der Waals surface area contributed by atoms with Gasteiger partial charge in [-0.15, -0.1) is 5.10 Å². The Kier molecular flexibility index (Phi) is 6.32. The smallest absolute Gasteiger partial charge is 0.341 e. The van der Waals surface area contributed by atoms with Crippen LogP contribution in [-0.2, 0) is 11.2 Å². The van der Waals surface area contributed by atoms with Crippen LogP contribution in [0.15, 0.2) is 34.0 Å². The number of aliphatic carboxylic acids is 1. The molecule has 0 radical (unpaired) electrons. The highest BCUT2D eigenvalue weighted by Gasteiger charge is 2.23. The molecule has 0 spiro atoms. The number of carboxylic acids is 1.